The molecule has 3 aromatic rings. The number of Topliss-reactive ketones (excluding diaryl/α,β-unsaturated/α-hetero) is 1. The molecule has 0 spiro atoms. The number of halogens is 3. The van der Waals surface area contributed by atoms with Crippen molar-refractivity contribution in [3.63, 3.8) is 0 Å². The molecule has 1 fully saturated rings. The number of fused-ring (bicyclic) bond motifs is 3. The molecule has 2 heterocycles. The number of amides is 1. The molecular formula is C31H29Br2ClN2O2. The molecule has 0 saturated carbocycles. The Balaban J connectivity index is 1.20. The Bertz CT molecular complexity index is 1450. The molecule has 0 bridgehead atoms. The van der Waals surface area contributed by atoms with Crippen LogP contribution in [-0.4, -0.2) is 34.7 Å². The summed E-state index contributed by atoms with van der Waals surface area (Å²) >= 11 is 13.9. The maximum atomic E-state index is 13.3. The molecule has 1 aliphatic heterocycles. The smallest absolute Gasteiger partial charge is 0.223 e. The number of hydrogen-bond acceptors (Lipinski definition) is 3. The number of benzene rings is 2. The average Bonchev–Trinajstić information content (AvgIpc) is 3.08. The van der Waals surface area contributed by atoms with Gasteiger partial charge in [-0.15, -0.1) is 0 Å². The number of likely N-dealkylation sites (tertiary alicyclic amines) is 1. The number of rotatable bonds is 3. The number of aryl methyl sites for hydroxylation is 3. The van der Waals surface area contributed by atoms with Crippen molar-refractivity contribution in [2.24, 2.45) is 11.8 Å². The molecule has 3 aliphatic rings. The van der Waals surface area contributed by atoms with Crippen molar-refractivity contribution in [3.05, 3.63) is 95.6 Å². The summed E-state index contributed by atoms with van der Waals surface area (Å²) in [6.07, 6.45) is 6.52. The first-order chi connectivity index (χ1) is 18.3. The topological polar surface area (TPSA) is 50.3 Å². The van der Waals surface area contributed by atoms with E-state index in [0.717, 1.165) is 62.0 Å². The van der Waals surface area contributed by atoms with Crippen LogP contribution in [-0.2, 0) is 24.1 Å². The summed E-state index contributed by atoms with van der Waals surface area (Å²) < 4.78 is 2.04. The van der Waals surface area contributed by atoms with E-state index in [1.165, 1.54) is 16.7 Å². The molecule has 0 radical (unpaired) electrons. The fourth-order valence-corrected chi connectivity index (χ4v) is 8.23. The van der Waals surface area contributed by atoms with E-state index < -0.39 is 0 Å². The van der Waals surface area contributed by atoms with Crippen molar-refractivity contribution in [2.75, 3.05) is 13.1 Å². The normalized spacial score (nSPS) is 21.1. The highest BCUT2D eigenvalue weighted by molar-refractivity contribution is 9.10. The zero-order valence-corrected chi connectivity index (χ0v) is 25.2. The van der Waals surface area contributed by atoms with Crippen molar-refractivity contribution in [3.8, 4) is 0 Å². The van der Waals surface area contributed by atoms with Crippen LogP contribution in [0.15, 0.2) is 51.5 Å². The minimum absolute atomic E-state index is 0.100. The monoisotopic (exact) mass is 654 g/mol. The van der Waals surface area contributed by atoms with Crippen LogP contribution in [0.5, 0.6) is 0 Å². The minimum Gasteiger partial charge on any atom is -0.343 e. The van der Waals surface area contributed by atoms with Gasteiger partial charge in [0.05, 0.1) is 5.69 Å². The number of ketones is 1. The number of pyridine rings is 1. The molecule has 2 atom stereocenters. The van der Waals surface area contributed by atoms with Crippen LogP contribution >= 0.6 is 43.5 Å². The first kappa shape index (κ1) is 26.2. The second-order valence-electron chi connectivity index (χ2n) is 11.0. The maximum Gasteiger partial charge on any atom is 0.223 e. The van der Waals surface area contributed by atoms with Gasteiger partial charge in [-0.05, 0) is 101 Å². The van der Waals surface area contributed by atoms with Crippen LogP contribution in [0.2, 0.25) is 5.02 Å². The molecular weight excluding hydrogens is 628 g/mol. The SMILES string of the molecule is Cc1ccc2c(c1)CC(CC(=O)N1CCC([C@H]3c4ncc(Br)cc4CCc4cc(Cl)cc(Br)c43)CC1)C2=O. The Labute approximate surface area is 245 Å². The molecule has 1 saturated heterocycles. The van der Waals surface area contributed by atoms with Gasteiger partial charge in [0.25, 0.3) is 0 Å². The third-order valence-corrected chi connectivity index (χ3v) is 9.87. The van der Waals surface area contributed by atoms with E-state index in [-0.39, 0.29) is 23.5 Å². The first-order valence-electron chi connectivity index (χ1n) is 13.3. The van der Waals surface area contributed by atoms with Gasteiger partial charge in [0, 0.05) is 57.1 Å². The van der Waals surface area contributed by atoms with Gasteiger partial charge in [0.15, 0.2) is 5.78 Å². The number of hydrogen-bond donors (Lipinski definition) is 0. The Hall–Kier alpha value is -2.02. The summed E-state index contributed by atoms with van der Waals surface area (Å²) in [6.45, 7) is 3.46. The van der Waals surface area contributed by atoms with E-state index in [4.69, 9.17) is 16.6 Å². The highest BCUT2D eigenvalue weighted by Crippen LogP contribution is 2.46. The molecule has 1 aromatic heterocycles. The predicted octanol–water partition coefficient (Wildman–Crippen LogP) is 7.48. The Kier molecular flexibility index (Phi) is 7.25. The number of carbonyl (C=O) groups excluding carboxylic acids is 2. The predicted molar refractivity (Wildman–Crippen MR) is 157 cm³/mol. The summed E-state index contributed by atoms with van der Waals surface area (Å²) in [4.78, 5) is 33.2. The molecule has 0 N–H and O–H groups in total. The van der Waals surface area contributed by atoms with Gasteiger partial charge in [0.1, 0.15) is 0 Å². The van der Waals surface area contributed by atoms with Crippen molar-refractivity contribution < 1.29 is 9.59 Å². The van der Waals surface area contributed by atoms with Crippen molar-refractivity contribution in [1.82, 2.24) is 9.88 Å². The molecule has 1 unspecified atom stereocenters. The Morgan fingerprint density at radius 2 is 1.82 bits per heavy atom. The molecule has 2 aromatic carbocycles. The minimum atomic E-state index is -0.235. The van der Waals surface area contributed by atoms with E-state index in [1.54, 1.807) is 0 Å². The molecule has 1 amide bonds. The largest absolute Gasteiger partial charge is 0.343 e. The standard InChI is InChI=1S/C31H29Br2ClN2O2/c1-17-2-5-25-21(10-17)11-22(31(25)38)14-27(37)36-8-6-18(7-9-36)29-28-19(13-24(34)15-26(28)33)3-4-20-12-23(32)16-35-30(20)29/h2,5,10,12-13,15-16,18,22,29H,3-4,6-9,11,14H2,1H3/t22?,29-/m1/s1. The third kappa shape index (κ3) is 4.89. The molecule has 7 heteroatoms. The van der Waals surface area contributed by atoms with Gasteiger partial charge in [0.2, 0.25) is 5.91 Å². The first-order valence-corrected chi connectivity index (χ1v) is 15.3. The summed E-state index contributed by atoms with van der Waals surface area (Å²) in [6, 6.07) is 12.3. The summed E-state index contributed by atoms with van der Waals surface area (Å²) in [5, 5.41) is 0.744. The lowest BCUT2D eigenvalue weighted by Gasteiger charge is -2.37. The van der Waals surface area contributed by atoms with Crippen LogP contribution in [0, 0.1) is 18.8 Å². The van der Waals surface area contributed by atoms with E-state index in [1.807, 2.05) is 36.2 Å². The highest BCUT2D eigenvalue weighted by Gasteiger charge is 2.38. The van der Waals surface area contributed by atoms with E-state index in [0.29, 0.717) is 31.8 Å². The van der Waals surface area contributed by atoms with Crippen LogP contribution in [0.1, 0.15) is 69.0 Å². The van der Waals surface area contributed by atoms with Gasteiger partial charge >= 0.3 is 0 Å². The molecule has 2 aliphatic carbocycles. The van der Waals surface area contributed by atoms with Crippen LogP contribution in [0.3, 0.4) is 0 Å². The molecule has 196 valence electrons. The lowest BCUT2D eigenvalue weighted by Crippen LogP contribution is -2.41. The van der Waals surface area contributed by atoms with Gasteiger partial charge in [-0.1, -0.05) is 51.3 Å². The van der Waals surface area contributed by atoms with Gasteiger partial charge in [-0.25, -0.2) is 0 Å². The van der Waals surface area contributed by atoms with E-state index >= 15 is 0 Å². The van der Waals surface area contributed by atoms with E-state index in [9.17, 15) is 9.59 Å². The summed E-state index contributed by atoms with van der Waals surface area (Å²) in [7, 11) is 0. The molecule has 4 nitrogen and oxygen atoms in total. The highest BCUT2D eigenvalue weighted by atomic mass is 79.9. The second-order valence-corrected chi connectivity index (χ2v) is 13.2. The zero-order valence-electron chi connectivity index (χ0n) is 21.3. The lowest BCUT2D eigenvalue weighted by molar-refractivity contribution is -0.133. The summed E-state index contributed by atoms with van der Waals surface area (Å²) in [5.41, 5.74) is 8.02. The number of nitrogens with zero attached hydrogens (tertiary/aromatic N) is 2. The van der Waals surface area contributed by atoms with Crippen LogP contribution in [0.25, 0.3) is 0 Å². The molecule has 6 rings (SSSR count). The third-order valence-electron chi connectivity index (χ3n) is 8.57. The fourth-order valence-electron chi connectivity index (χ4n) is 6.73. The zero-order chi connectivity index (χ0) is 26.6. The Morgan fingerprint density at radius 3 is 2.61 bits per heavy atom. The van der Waals surface area contributed by atoms with Crippen molar-refractivity contribution in [2.45, 2.75) is 51.4 Å². The maximum absolute atomic E-state index is 13.3. The van der Waals surface area contributed by atoms with Gasteiger partial charge in [-0.3, -0.25) is 14.6 Å². The number of carbonyl (C=O) groups is 2. The summed E-state index contributed by atoms with van der Waals surface area (Å²) in [5.74, 6) is 0.495. The van der Waals surface area contributed by atoms with Crippen molar-refractivity contribution >= 4 is 55.2 Å². The lowest BCUT2D eigenvalue weighted by atomic mass is 9.76. The van der Waals surface area contributed by atoms with E-state index in [2.05, 4.69) is 50.1 Å². The van der Waals surface area contributed by atoms with Crippen molar-refractivity contribution in [1.29, 1.82) is 0 Å². The van der Waals surface area contributed by atoms with Crippen LogP contribution in [0.4, 0.5) is 0 Å². The van der Waals surface area contributed by atoms with Gasteiger partial charge in [-0.2, -0.15) is 0 Å². The quantitative estimate of drug-likeness (QED) is 0.294. The fraction of sp³-hybridized carbons (Fsp3) is 0.387. The van der Waals surface area contributed by atoms with Crippen LogP contribution < -0.4 is 0 Å². The second kappa shape index (κ2) is 10.5. The number of aromatic nitrogens is 1. The van der Waals surface area contributed by atoms with Gasteiger partial charge < -0.3 is 4.90 Å². The molecule has 38 heavy (non-hydrogen) atoms. The Morgan fingerprint density at radius 1 is 1.05 bits per heavy atom. The number of piperidine rings is 1. The average molecular weight is 657 g/mol.